The van der Waals surface area contributed by atoms with Crippen LogP contribution in [-0.4, -0.2) is 13.5 Å². The summed E-state index contributed by atoms with van der Waals surface area (Å²) in [7, 11) is 1.66. The zero-order valence-corrected chi connectivity index (χ0v) is 18.7. The van der Waals surface area contributed by atoms with Crippen molar-refractivity contribution in [2.45, 2.75) is 26.6 Å². The van der Waals surface area contributed by atoms with Gasteiger partial charge >= 0.3 is 6.36 Å². The standard InChI is InChI=1S/C21H20F3IO2S/c1-13(9-17-10-14(2)19(25)11-20(17)26-4)12-28-15(3)16-5-7-18(8-6-16)27-21(22,23)24/h5-8,10-12H,3,9H2,1-2,4H3/b13-12+. The molecule has 2 aromatic carbocycles. The molecule has 0 aliphatic carbocycles. The van der Waals surface area contributed by atoms with E-state index in [4.69, 9.17) is 4.74 Å². The molecule has 0 spiro atoms. The van der Waals surface area contributed by atoms with Crippen molar-refractivity contribution >= 4 is 39.3 Å². The van der Waals surface area contributed by atoms with E-state index in [1.54, 1.807) is 19.2 Å². The minimum absolute atomic E-state index is 0.248. The summed E-state index contributed by atoms with van der Waals surface area (Å²) in [6, 6.07) is 9.83. The highest BCUT2D eigenvalue weighted by Crippen LogP contribution is 2.32. The molecule has 0 fully saturated rings. The molecule has 0 aliphatic heterocycles. The van der Waals surface area contributed by atoms with E-state index in [1.807, 2.05) is 18.4 Å². The lowest BCUT2D eigenvalue weighted by atomic mass is 10.0. The molecular weight excluding hydrogens is 500 g/mol. The van der Waals surface area contributed by atoms with E-state index >= 15 is 0 Å². The Bertz CT molecular complexity index is 874. The third kappa shape index (κ3) is 6.77. The molecule has 2 nitrogen and oxygen atoms in total. The van der Waals surface area contributed by atoms with E-state index in [0.717, 1.165) is 37.3 Å². The zero-order chi connectivity index (χ0) is 20.9. The van der Waals surface area contributed by atoms with Crippen molar-refractivity contribution in [1.29, 1.82) is 0 Å². The molecule has 28 heavy (non-hydrogen) atoms. The maximum atomic E-state index is 12.2. The number of rotatable bonds is 7. The van der Waals surface area contributed by atoms with Crippen LogP contribution in [0.2, 0.25) is 0 Å². The molecule has 0 aromatic heterocycles. The first-order valence-electron chi connectivity index (χ1n) is 8.29. The highest BCUT2D eigenvalue weighted by Gasteiger charge is 2.30. The van der Waals surface area contributed by atoms with Gasteiger partial charge in [-0.2, -0.15) is 0 Å². The first-order valence-corrected chi connectivity index (χ1v) is 10.3. The van der Waals surface area contributed by atoms with Crippen LogP contribution in [0.3, 0.4) is 0 Å². The summed E-state index contributed by atoms with van der Waals surface area (Å²) in [5, 5.41) is 2.00. The maximum absolute atomic E-state index is 12.2. The van der Waals surface area contributed by atoms with Crippen LogP contribution in [0.5, 0.6) is 11.5 Å². The van der Waals surface area contributed by atoms with Crippen molar-refractivity contribution < 1.29 is 22.6 Å². The molecule has 150 valence electrons. The number of ether oxygens (including phenoxy) is 2. The predicted octanol–water partition coefficient (Wildman–Crippen LogP) is 7.36. The fraction of sp³-hybridized carbons (Fsp3) is 0.238. The fourth-order valence-electron chi connectivity index (χ4n) is 2.48. The number of halogens is 4. The van der Waals surface area contributed by atoms with Gasteiger partial charge in [-0.05, 0) is 83.2 Å². The van der Waals surface area contributed by atoms with E-state index in [9.17, 15) is 13.2 Å². The summed E-state index contributed by atoms with van der Waals surface area (Å²) in [5.41, 5.74) is 4.17. The van der Waals surface area contributed by atoms with Crippen molar-refractivity contribution in [2.75, 3.05) is 7.11 Å². The van der Waals surface area contributed by atoms with E-state index < -0.39 is 6.36 Å². The van der Waals surface area contributed by atoms with Crippen LogP contribution in [0.4, 0.5) is 13.2 Å². The highest BCUT2D eigenvalue weighted by atomic mass is 127. The Labute approximate surface area is 181 Å². The lowest BCUT2D eigenvalue weighted by Crippen LogP contribution is -2.16. The predicted molar refractivity (Wildman–Crippen MR) is 118 cm³/mol. The number of aryl methyl sites for hydroxylation is 1. The maximum Gasteiger partial charge on any atom is 0.573 e. The van der Waals surface area contributed by atoms with Crippen molar-refractivity contribution in [3.63, 3.8) is 0 Å². The van der Waals surface area contributed by atoms with Crippen LogP contribution >= 0.6 is 34.4 Å². The number of hydrogen-bond acceptors (Lipinski definition) is 3. The van der Waals surface area contributed by atoms with E-state index in [1.165, 1.54) is 29.5 Å². The summed E-state index contributed by atoms with van der Waals surface area (Å²) in [5.74, 6) is 0.605. The van der Waals surface area contributed by atoms with Crippen LogP contribution in [0.15, 0.2) is 54.0 Å². The monoisotopic (exact) mass is 520 g/mol. The summed E-state index contributed by atoms with van der Waals surface area (Å²) in [6.45, 7) is 8.08. The molecule has 2 aromatic rings. The lowest BCUT2D eigenvalue weighted by molar-refractivity contribution is -0.274. The summed E-state index contributed by atoms with van der Waals surface area (Å²) in [6.07, 6.45) is -3.96. The van der Waals surface area contributed by atoms with Gasteiger partial charge in [-0.3, -0.25) is 0 Å². The minimum atomic E-state index is -4.69. The molecule has 0 unspecified atom stereocenters. The average molecular weight is 520 g/mol. The van der Waals surface area contributed by atoms with Gasteiger partial charge in [0.05, 0.1) is 7.11 Å². The third-order valence-corrected chi connectivity index (χ3v) is 6.05. The van der Waals surface area contributed by atoms with Gasteiger partial charge in [-0.25, -0.2) is 0 Å². The van der Waals surface area contributed by atoms with Crippen molar-refractivity contribution in [2.24, 2.45) is 0 Å². The second kappa shape index (κ2) is 9.73. The van der Waals surface area contributed by atoms with Crippen molar-refractivity contribution in [3.05, 3.63) is 74.2 Å². The lowest BCUT2D eigenvalue weighted by Gasteiger charge is -2.12. The second-order valence-corrected chi connectivity index (χ2v) is 8.29. The first kappa shape index (κ1) is 22.7. The number of benzene rings is 2. The topological polar surface area (TPSA) is 18.5 Å². The smallest absolute Gasteiger partial charge is 0.496 e. The molecule has 0 atom stereocenters. The molecule has 0 saturated heterocycles. The van der Waals surface area contributed by atoms with E-state index in [0.29, 0.717) is 0 Å². The third-order valence-electron chi connectivity index (χ3n) is 3.84. The Balaban J connectivity index is 2.03. The molecule has 0 aliphatic rings. The van der Waals surface area contributed by atoms with Crippen LogP contribution in [0.25, 0.3) is 4.91 Å². The SMILES string of the molecule is C=C(S/C=C(\C)Cc1cc(C)c(I)cc1OC)c1ccc(OC(F)(F)F)cc1. The van der Waals surface area contributed by atoms with Gasteiger partial charge in [0.2, 0.25) is 0 Å². The number of alkyl halides is 3. The largest absolute Gasteiger partial charge is 0.573 e. The Hall–Kier alpha value is -1.61. The first-order chi connectivity index (χ1) is 13.1. The minimum Gasteiger partial charge on any atom is -0.496 e. The van der Waals surface area contributed by atoms with Crippen LogP contribution in [0, 0.1) is 10.5 Å². The number of methoxy groups -OCH3 is 1. The second-order valence-electron chi connectivity index (χ2n) is 6.17. The Morgan fingerprint density at radius 3 is 2.43 bits per heavy atom. The summed E-state index contributed by atoms with van der Waals surface area (Å²) < 4.78 is 47.2. The van der Waals surface area contributed by atoms with Gasteiger partial charge in [-0.15, -0.1) is 13.2 Å². The van der Waals surface area contributed by atoms with Crippen LogP contribution < -0.4 is 9.47 Å². The summed E-state index contributed by atoms with van der Waals surface area (Å²) in [4.78, 5) is 0.740. The molecule has 0 saturated carbocycles. The fourth-order valence-corrected chi connectivity index (χ4v) is 3.61. The molecule has 2 rings (SSSR count). The average Bonchev–Trinajstić information content (AvgIpc) is 2.62. The van der Waals surface area contributed by atoms with Gasteiger partial charge < -0.3 is 9.47 Å². The Kier molecular flexibility index (Phi) is 7.88. The molecule has 0 bridgehead atoms. The van der Waals surface area contributed by atoms with Crippen LogP contribution in [-0.2, 0) is 6.42 Å². The number of hydrogen-bond donors (Lipinski definition) is 0. The number of allylic oxidation sites excluding steroid dienone is 1. The van der Waals surface area contributed by atoms with Gasteiger partial charge in [0.15, 0.2) is 0 Å². The van der Waals surface area contributed by atoms with Crippen molar-refractivity contribution in [3.8, 4) is 11.5 Å². The Morgan fingerprint density at radius 1 is 1.21 bits per heavy atom. The van der Waals surface area contributed by atoms with Crippen LogP contribution in [0.1, 0.15) is 23.6 Å². The molecule has 7 heteroatoms. The molecule has 0 heterocycles. The zero-order valence-electron chi connectivity index (χ0n) is 15.7. The molecular formula is C21H20F3IO2S. The van der Waals surface area contributed by atoms with Gasteiger partial charge in [0, 0.05) is 8.48 Å². The van der Waals surface area contributed by atoms with Crippen molar-refractivity contribution in [1.82, 2.24) is 0 Å². The molecule has 0 amide bonds. The Morgan fingerprint density at radius 2 is 1.86 bits per heavy atom. The van der Waals surface area contributed by atoms with Gasteiger partial charge in [-0.1, -0.05) is 42.1 Å². The van der Waals surface area contributed by atoms with E-state index in [-0.39, 0.29) is 5.75 Å². The normalized spacial score (nSPS) is 12.0. The molecule has 0 radical (unpaired) electrons. The van der Waals surface area contributed by atoms with E-state index in [2.05, 4.69) is 46.9 Å². The highest BCUT2D eigenvalue weighted by molar-refractivity contribution is 14.1. The molecule has 0 N–H and O–H groups in total. The number of thioether (sulfide) groups is 1. The van der Waals surface area contributed by atoms with Gasteiger partial charge in [0.25, 0.3) is 0 Å². The quantitative estimate of drug-likeness (QED) is 0.356. The summed E-state index contributed by atoms with van der Waals surface area (Å²) >= 11 is 3.72. The van der Waals surface area contributed by atoms with Gasteiger partial charge in [0.1, 0.15) is 11.5 Å².